The zero-order valence-corrected chi connectivity index (χ0v) is 18.0. The lowest BCUT2D eigenvalue weighted by Gasteiger charge is -2.41. The molecule has 0 aliphatic carbocycles. The van der Waals surface area contributed by atoms with E-state index in [0.29, 0.717) is 25.1 Å². The first kappa shape index (κ1) is 20.5. The van der Waals surface area contributed by atoms with E-state index in [4.69, 9.17) is 9.47 Å². The number of carbonyl (C=O) groups is 2. The molecule has 3 aromatic carbocycles. The molecule has 0 bridgehead atoms. The van der Waals surface area contributed by atoms with Gasteiger partial charge in [-0.2, -0.15) is 0 Å². The summed E-state index contributed by atoms with van der Waals surface area (Å²) in [5.74, 6) is -0.654. The Bertz CT molecular complexity index is 1160. The Morgan fingerprint density at radius 2 is 1.75 bits per heavy atom. The van der Waals surface area contributed by atoms with Crippen LogP contribution in [0.25, 0.3) is 0 Å². The third-order valence-corrected chi connectivity index (χ3v) is 6.46. The molecule has 1 fully saturated rings. The van der Waals surface area contributed by atoms with Crippen molar-refractivity contribution in [3.8, 4) is 0 Å². The molecule has 0 saturated carbocycles. The molecule has 2 aliphatic heterocycles. The average molecular weight is 428 g/mol. The molecule has 2 atom stereocenters. The van der Waals surface area contributed by atoms with Gasteiger partial charge in [0.25, 0.3) is 0 Å². The minimum atomic E-state index is -1.00. The molecular formula is C27H25NO4. The van der Waals surface area contributed by atoms with Crippen molar-refractivity contribution in [3.63, 3.8) is 0 Å². The average Bonchev–Trinajstić information content (AvgIpc) is 3.12. The predicted molar refractivity (Wildman–Crippen MR) is 120 cm³/mol. The van der Waals surface area contributed by atoms with Gasteiger partial charge in [0.05, 0.1) is 12.2 Å². The second-order valence-corrected chi connectivity index (χ2v) is 8.18. The largest absolute Gasteiger partial charge is 0.462 e. The highest BCUT2D eigenvalue weighted by molar-refractivity contribution is 5.92. The Labute approximate surface area is 187 Å². The molecule has 2 unspecified atom stereocenters. The quantitative estimate of drug-likeness (QED) is 0.565. The maximum atomic E-state index is 13.7. The fourth-order valence-corrected chi connectivity index (χ4v) is 5.03. The van der Waals surface area contributed by atoms with E-state index in [1.807, 2.05) is 66.7 Å². The van der Waals surface area contributed by atoms with Crippen molar-refractivity contribution in [2.24, 2.45) is 0 Å². The molecule has 5 rings (SSSR count). The molecule has 0 spiro atoms. The van der Waals surface area contributed by atoms with Crippen LogP contribution in [-0.4, -0.2) is 30.0 Å². The van der Waals surface area contributed by atoms with E-state index in [9.17, 15) is 9.59 Å². The van der Waals surface area contributed by atoms with Crippen molar-refractivity contribution >= 4 is 11.9 Å². The summed E-state index contributed by atoms with van der Waals surface area (Å²) < 4.78 is 11.3. The van der Waals surface area contributed by atoms with Crippen molar-refractivity contribution in [1.82, 2.24) is 4.90 Å². The number of nitrogens with zero attached hydrogens (tertiary/aromatic N) is 1. The van der Waals surface area contributed by atoms with Crippen LogP contribution in [0.1, 0.15) is 45.8 Å². The lowest BCUT2D eigenvalue weighted by atomic mass is 9.76. The van der Waals surface area contributed by atoms with E-state index in [-0.39, 0.29) is 11.9 Å². The summed E-state index contributed by atoms with van der Waals surface area (Å²) in [7, 11) is 0. The standard InChI is InChI=1S/C27H25NO4/c1-2-31-25(29)22-14-8-6-13-21(22)18-27-23-15-9-7-10-19(23)16-17-28(27)24(32-26(27)30)20-11-4-3-5-12-20/h3-15,24H,2,16-18H2,1H3. The van der Waals surface area contributed by atoms with Gasteiger partial charge in [0.15, 0.2) is 11.8 Å². The van der Waals surface area contributed by atoms with Crippen molar-refractivity contribution in [2.45, 2.75) is 31.5 Å². The minimum absolute atomic E-state index is 0.280. The maximum absolute atomic E-state index is 13.7. The smallest absolute Gasteiger partial charge is 0.338 e. The molecular weight excluding hydrogens is 402 g/mol. The molecule has 5 nitrogen and oxygen atoms in total. The van der Waals surface area contributed by atoms with Crippen LogP contribution < -0.4 is 0 Å². The molecule has 5 heteroatoms. The van der Waals surface area contributed by atoms with Gasteiger partial charge in [-0.05, 0) is 36.1 Å². The Kier molecular flexibility index (Phi) is 5.27. The Morgan fingerprint density at radius 3 is 2.56 bits per heavy atom. The lowest BCUT2D eigenvalue weighted by molar-refractivity contribution is -0.146. The van der Waals surface area contributed by atoms with Gasteiger partial charge in [-0.25, -0.2) is 14.5 Å². The molecule has 0 amide bonds. The van der Waals surface area contributed by atoms with Gasteiger partial charge < -0.3 is 9.47 Å². The molecule has 2 aliphatic rings. The third kappa shape index (κ3) is 3.21. The van der Waals surface area contributed by atoms with Crippen molar-refractivity contribution < 1.29 is 19.1 Å². The summed E-state index contributed by atoms with van der Waals surface area (Å²) in [5.41, 5.74) is 3.30. The van der Waals surface area contributed by atoms with E-state index in [2.05, 4.69) is 11.0 Å². The number of rotatable bonds is 5. The Hall–Kier alpha value is -3.44. The van der Waals surface area contributed by atoms with Gasteiger partial charge in [-0.1, -0.05) is 72.8 Å². The molecule has 0 N–H and O–H groups in total. The van der Waals surface area contributed by atoms with Crippen LogP contribution in [-0.2, 0) is 32.6 Å². The summed E-state index contributed by atoms with van der Waals surface area (Å²) in [5, 5.41) is 0. The van der Waals surface area contributed by atoms with Gasteiger partial charge in [0.1, 0.15) is 0 Å². The molecule has 1 saturated heterocycles. The molecule has 162 valence electrons. The van der Waals surface area contributed by atoms with E-state index in [0.717, 1.165) is 28.7 Å². The zero-order valence-electron chi connectivity index (χ0n) is 18.0. The highest BCUT2D eigenvalue weighted by Crippen LogP contribution is 2.49. The fraction of sp³-hybridized carbons (Fsp3) is 0.259. The van der Waals surface area contributed by atoms with E-state index in [1.54, 1.807) is 13.0 Å². The van der Waals surface area contributed by atoms with E-state index in [1.165, 1.54) is 0 Å². The maximum Gasteiger partial charge on any atom is 0.338 e. The van der Waals surface area contributed by atoms with Crippen molar-refractivity contribution in [1.29, 1.82) is 0 Å². The Morgan fingerprint density at radius 1 is 1.03 bits per heavy atom. The number of hydrogen-bond donors (Lipinski definition) is 0. The lowest BCUT2D eigenvalue weighted by Crippen LogP contribution is -2.52. The van der Waals surface area contributed by atoms with Gasteiger partial charge in [-0.15, -0.1) is 0 Å². The summed E-state index contributed by atoms with van der Waals surface area (Å²) in [6, 6.07) is 25.3. The van der Waals surface area contributed by atoms with Crippen LogP contribution in [0.15, 0.2) is 78.9 Å². The molecule has 0 aromatic heterocycles. The molecule has 2 heterocycles. The van der Waals surface area contributed by atoms with Crippen molar-refractivity contribution in [2.75, 3.05) is 13.2 Å². The number of cyclic esters (lactones) is 1. The first-order valence-corrected chi connectivity index (χ1v) is 11.0. The van der Waals surface area contributed by atoms with E-state index >= 15 is 0 Å². The van der Waals surface area contributed by atoms with Crippen molar-refractivity contribution in [3.05, 3.63) is 107 Å². The number of benzene rings is 3. The van der Waals surface area contributed by atoms with Crippen LogP contribution in [0.2, 0.25) is 0 Å². The van der Waals surface area contributed by atoms with Crippen LogP contribution in [0.4, 0.5) is 0 Å². The van der Waals surface area contributed by atoms with Gasteiger partial charge in [0, 0.05) is 18.5 Å². The predicted octanol–water partition coefficient (Wildman–Crippen LogP) is 4.42. The summed E-state index contributed by atoms with van der Waals surface area (Å²) in [6.45, 7) is 2.77. The third-order valence-electron chi connectivity index (χ3n) is 6.46. The van der Waals surface area contributed by atoms with Gasteiger partial charge in [-0.3, -0.25) is 0 Å². The number of carbonyl (C=O) groups excluding carboxylic acids is 2. The summed E-state index contributed by atoms with van der Waals surface area (Å²) in [6.07, 6.45) is 0.699. The SMILES string of the molecule is CCOC(=O)c1ccccc1CC12C(=O)OC(c3ccccc3)N1CCc1ccccc12. The fourth-order valence-electron chi connectivity index (χ4n) is 5.03. The zero-order chi connectivity index (χ0) is 22.1. The van der Waals surface area contributed by atoms with Crippen LogP contribution in [0.3, 0.4) is 0 Å². The summed E-state index contributed by atoms with van der Waals surface area (Å²) in [4.78, 5) is 28.5. The first-order valence-electron chi connectivity index (χ1n) is 11.0. The highest BCUT2D eigenvalue weighted by Gasteiger charge is 2.59. The summed E-state index contributed by atoms with van der Waals surface area (Å²) >= 11 is 0. The van der Waals surface area contributed by atoms with Gasteiger partial charge >= 0.3 is 11.9 Å². The van der Waals surface area contributed by atoms with E-state index < -0.39 is 11.8 Å². The Balaban J connectivity index is 1.65. The van der Waals surface area contributed by atoms with Crippen LogP contribution in [0, 0.1) is 0 Å². The van der Waals surface area contributed by atoms with Crippen LogP contribution in [0.5, 0.6) is 0 Å². The second kappa shape index (κ2) is 8.24. The number of ether oxygens (including phenoxy) is 2. The molecule has 3 aromatic rings. The minimum Gasteiger partial charge on any atom is -0.462 e. The van der Waals surface area contributed by atoms with Gasteiger partial charge in [0.2, 0.25) is 0 Å². The second-order valence-electron chi connectivity index (χ2n) is 8.18. The number of fused-ring (bicyclic) bond motifs is 3. The molecule has 32 heavy (non-hydrogen) atoms. The monoisotopic (exact) mass is 427 g/mol. The topological polar surface area (TPSA) is 55.8 Å². The normalized spacial score (nSPS) is 22.0. The van der Waals surface area contributed by atoms with Crippen LogP contribution >= 0.6 is 0 Å². The highest BCUT2D eigenvalue weighted by atomic mass is 16.6. The first-order chi connectivity index (χ1) is 15.6. The number of hydrogen-bond acceptors (Lipinski definition) is 5. The molecule has 0 radical (unpaired) electrons. The number of esters is 2.